The zero-order chi connectivity index (χ0) is 55.2. The van der Waals surface area contributed by atoms with E-state index in [1.165, 1.54) is 24.5 Å². The third kappa shape index (κ3) is 14.7. The van der Waals surface area contributed by atoms with Crippen molar-refractivity contribution in [3.8, 4) is 22.4 Å². The highest BCUT2D eigenvalue weighted by molar-refractivity contribution is 7.99. The van der Waals surface area contributed by atoms with E-state index in [4.69, 9.17) is 20.6 Å². The van der Waals surface area contributed by atoms with Crippen molar-refractivity contribution in [2.45, 2.75) is 81.5 Å². The van der Waals surface area contributed by atoms with Crippen LogP contribution < -0.4 is 15.1 Å². The molecule has 2 fully saturated rings. The van der Waals surface area contributed by atoms with Gasteiger partial charge in [-0.25, -0.2) is 17.4 Å². The Morgan fingerprint density at radius 3 is 2.10 bits per heavy atom. The van der Waals surface area contributed by atoms with E-state index in [0.717, 1.165) is 28.1 Å². The normalized spacial score (nSPS) is 16.2. The number of phosphoric ester groups is 1. The summed E-state index contributed by atoms with van der Waals surface area (Å²) in [4.78, 5) is 38.7. The SMILES string of the molecule is CCOP(=O)(Cc1ccc(N2CCN(c3cc(F)cc(-c4c(S(C)(=O)=O)c(C)n(C(C)C)c4-c4ccc(Cl)cc4)c3)CC2)cc1)c1ccc(C[C@H](CCN2CCC(OP(=O)(O)O)CC2)CSc2ccccc2)c([N+](=O)[O-])c1. The molecule has 0 spiro atoms. The summed E-state index contributed by atoms with van der Waals surface area (Å²) >= 11 is 7.96. The van der Waals surface area contributed by atoms with E-state index >= 15 is 4.39 Å². The van der Waals surface area contributed by atoms with Crippen molar-refractivity contribution in [2.24, 2.45) is 5.92 Å². The molecule has 77 heavy (non-hydrogen) atoms. The Hall–Kier alpha value is -4.84. The van der Waals surface area contributed by atoms with E-state index < -0.39 is 41.9 Å². The van der Waals surface area contributed by atoms with Crippen molar-refractivity contribution < 1.29 is 45.7 Å². The number of anilines is 2. The lowest BCUT2D eigenvalue weighted by molar-refractivity contribution is -0.385. The Balaban J connectivity index is 0.956. The smallest absolute Gasteiger partial charge is 0.368 e. The van der Waals surface area contributed by atoms with Crippen LogP contribution >= 0.6 is 38.6 Å². The van der Waals surface area contributed by atoms with Crippen molar-refractivity contribution in [2.75, 3.05) is 74.2 Å². The molecular weight excluding hydrogens is 1080 g/mol. The minimum Gasteiger partial charge on any atom is -0.368 e. The summed E-state index contributed by atoms with van der Waals surface area (Å²) in [6, 6.07) is 34.4. The number of aromatic nitrogens is 1. The van der Waals surface area contributed by atoms with Crippen LogP contribution in [0.2, 0.25) is 5.02 Å². The number of phosphoric acid groups is 1. The molecule has 0 amide bonds. The minimum absolute atomic E-state index is 0.0282. The predicted octanol–water partition coefficient (Wildman–Crippen LogP) is 12.2. The maximum absolute atomic E-state index is 15.8. The highest BCUT2D eigenvalue weighted by atomic mass is 35.5. The highest BCUT2D eigenvalue weighted by Crippen LogP contribution is 2.50. The third-order valence-electron chi connectivity index (χ3n) is 14.3. The number of piperidine rings is 1. The second-order valence-electron chi connectivity index (χ2n) is 20.2. The van der Waals surface area contributed by atoms with Gasteiger partial charge in [0, 0.05) is 107 Å². The first kappa shape index (κ1) is 58.3. The van der Waals surface area contributed by atoms with Gasteiger partial charge in [0.1, 0.15) is 5.82 Å². The largest absolute Gasteiger partial charge is 0.469 e. The molecule has 0 bridgehead atoms. The number of sulfone groups is 1. The maximum Gasteiger partial charge on any atom is 0.469 e. The number of piperazine rings is 1. The number of likely N-dealkylation sites (tertiary alicyclic amines) is 1. The van der Waals surface area contributed by atoms with Crippen LogP contribution in [0.4, 0.5) is 21.5 Å². The molecular formula is C56H67ClFN5O10P2S2. The van der Waals surface area contributed by atoms with Crippen LogP contribution in [-0.2, 0) is 40.6 Å². The van der Waals surface area contributed by atoms with E-state index in [2.05, 4.69) is 14.7 Å². The summed E-state index contributed by atoms with van der Waals surface area (Å²) in [5.41, 5.74) is 5.65. The summed E-state index contributed by atoms with van der Waals surface area (Å²) in [7, 11) is -12.0. The van der Waals surface area contributed by atoms with Crippen LogP contribution in [0.5, 0.6) is 0 Å². The molecule has 6 aromatic rings. The fraction of sp³-hybridized carbons (Fsp3) is 0.393. The lowest BCUT2D eigenvalue weighted by atomic mass is 9.96. The lowest BCUT2D eigenvalue weighted by Crippen LogP contribution is -2.46. The monoisotopic (exact) mass is 1150 g/mol. The molecule has 0 aliphatic carbocycles. The standard InChI is InChI=1S/C56H67ClFN5O10P2S2/c1-6-72-74(66,51-21-16-44(53(36-51)63(64)65)32-42(38-76-52-10-8-7-9-11-52)22-25-59-26-23-50(24-27-59)73-75(67,68)69)37-41-12-19-48(20-13-41)60-28-30-61(31-29-60)49-34-45(33-47(58)35-49)54-55(43-14-17-46(57)18-15-43)62(39(2)3)40(4)56(54)77(5,70)71/h7-21,33-36,39,42,50H,6,22-32,37-38H2,1-5H3,(H2,67,68,69)/t42-,74?/m0/s1. The molecule has 2 aliphatic heterocycles. The molecule has 8 rings (SSSR count). The molecule has 2 saturated heterocycles. The zero-order valence-corrected chi connectivity index (χ0v) is 48.1. The van der Waals surface area contributed by atoms with Gasteiger partial charge in [0.2, 0.25) is 7.37 Å². The molecule has 412 valence electrons. The fourth-order valence-corrected chi connectivity index (χ4v) is 15.9. The summed E-state index contributed by atoms with van der Waals surface area (Å²) in [6.07, 6.45) is 2.84. The number of hydrogen-bond donors (Lipinski definition) is 2. The summed E-state index contributed by atoms with van der Waals surface area (Å²) in [6.45, 7) is 11.9. The number of rotatable bonds is 22. The molecule has 2 N–H and O–H groups in total. The average molecular weight is 1150 g/mol. The Labute approximate surface area is 460 Å². The first-order valence-corrected chi connectivity index (χ1v) is 32.4. The van der Waals surface area contributed by atoms with E-state index in [1.54, 1.807) is 49.9 Å². The van der Waals surface area contributed by atoms with Crippen molar-refractivity contribution in [1.29, 1.82) is 0 Å². The molecule has 0 radical (unpaired) electrons. The van der Waals surface area contributed by atoms with E-state index in [0.29, 0.717) is 110 Å². The van der Waals surface area contributed by atoms with Crippen LogP contribution in [0.1, 0.15) is 62.9 Å². The molecule has 1 unspecified atom stereocenters. The van der Waals surface area contributed by atoms with Gasteiger partial charge >= 0.3 is 7.82 Å². The van der Waals surface area contributed by atoms with Crippen molar-refractivity contribution >= 4 is 70.8 Å². The van der Waals surface area contributed by atoms with Gasteiger partial charge in [-0.3, -0.25) is 19.2 Å². The molecule has 2 atom stereocenters. The lowest BCUT2D eigenvalue weighted by Gasteiger charge is -2.37. The van der Waals surface area contributed by atoms with Crippen molar-refractivity contribution in [3.05, 3.63) is 153 Å². The van der Waals surface area contributed by atoms with Crippen LogP contribution in [0.3, 0.4) is 0 Å². The van der Waals surface area contributed by atoms with Gasteiger partial charge in [-0.2, -0.15) is 0 Å². The van der Waals surface area contributed by atoms with Gasteiger partial charge in [-0.1, -0.05) is 60.1 Å². The molecule has 1 aromatic heterocycles. The molecule has 15 nitrogen and oxygen atoms in total. The highest BCUT2D eigenvalue weighted by Gasteiger charge is 2.33. The molecule has 3 heterocycles. The quantitative estimate of drug-likeness (QED) is 0.0283. The van der Waals surface area contributed by atoms with Crippen LogP contribution in [0.25, 0.3) is 22.4 Å². The summed E-state index contributed by atoms with van der Waals surface area (Å²) in [5, 5.41) is 13.6. The van der Waals surface area contributed by atoms with Crippen LogP contribution in [0.15, 0.2) is 125 Å². The second-order valence-corrected chi connectivity index (χ2v) is 27.3. The Kier molecular flexibility index (Phi) is 19.0. The number of nitro groups is 1. The molecule has 5 aromatic carbocycles. The first-order chi connectivity index (χ1) is 36.6. The topological polar surface area (TPSA) is 185 Å². The molecule has 0 saturated carbocycles. The van der Waals surface area contributed by atoms with E-state index in [9.17, 15) is 37.4 Å². The zero-order valence-electron chi connectivity index (χ0n) is 44.0. The first-order valence-electron chi connectivity index (χ1n) is 25.8. The number of hydrogen-bond acceptors (Lipinski definition) is 12. The van der Waals surface area contributed by atoms with Crippen LogP contribution in [-0.4, -0.2) is 103 Å². The van der Waals surface area contributed by atoms with Crippen LogP contribution in [0, 0.1) is 28.8 Å². The van der Waals surface area contributed by atoms with Gasteiger partial charge < -0.3 is 33.6 Å². The number of benzene rings is 5. The number of nitro benzene ring substituents is 1. The Morgan fingerprint density at radius 1 is 0.857 bits per heavy atom. The van der Waals surface area contributed by atoms with Gasteiger partial charge in [-0.15, -0.1) is 11.8 Å². The van der Waals surface area contributed by atoms with E-state index in [-0.39, 0.29) is 40.6 Å². The van der Waals surface area contributed by atoms with Gasteiger partial charge in [-0.05, 0) is 143 Å². The van der Waals surface area contributed by atoms with Gasteiger partial charge in [0.25, 0.3) is 5.69 Å². The van der Waals surface area contributed by atoms with Gasteiger partial charge in [0.05, 0.1) is 34.4 Å². The van der Waals surface area contributed by atoms with Crippen molar-refractivity contribution in [1.82, 2.24) is 9.47 Å². The summed E-state index contributed by atoms with van der Waals surface area (Å²) < 4.78 is 82.1. The average Bonchev–Trinajstić information content (AvgIpc) is 3.71. The Morgan fingerprint density at radius 2 is 1.51 bits per heavy atom. The maximum atomic E-state index is 15.8. The number of nitrogens with zero attached hydrogens (tertiary/aromatic N) is 5. The summed E-state index contributed by atoms with van der Waals surface area (Å²) in [5.74, 6) is 0.254. The third-order valence-corrected chi connectivity index (χ3v) is 20.1. The molecule has 21 heteroatoms. The fourth-order valence-electron chi connectivity index (χ4n) is 10.7. The second kappa shape index (κ2) is 25.1. The number of thioether (sulfide) groups is 1. The minimum atomic E-state index is -4.57. The number of halogens is 2. The molecule has 2 aliphatic rings. The van der Waals surface area contributed by atoms with Gasteiger partial charge in [0.15, 0.2) is 9.84 Å². The van der Waals surface area contributed by atoms with E-state index in [1.807, 2.05) is 91.2 Å². The predicted molar refractivity (Wildman–Crippen MR) is 307 cm³/mol. The van der Waals surface area contributed by atoms with Crippen molar-refractivity contribution in [3.63, 3.8) is 0 Å². The Bertz CT molecular complexity index is 3240.